The fourth-order valence-electron chi connectivity index (χ4n) is 2.48. The number of rotatable bonds is 11. The van der Waals surface area contributed by atoms with Crippen molar-refractivity contribution in [3.63, 3.8) is 0 Å². The second kappa shape index (κ2) is 12.0. The molecule has 6 nitrogen and oxygen atoms in total. The SMILES string of the molecule is CCCCCOc1ccc(/C=N/NC(=O)COc2ccc(Cl)c(C)c2)cc1OC. The van der Waals surface area contributed by atoms with Crippen molar-refractivity contribution in [2.45, 2.75) is 33.1 Å². The summed E-state index contributed by atoms with van der Waals surface area (Å²) < 4.78 is 16.6. The number of nitrogens with one attached hydrogen (secondary N) is 1. The fraction of sp³-hybridized carbons (Fsp3) is 0.364. The highest BCUT2D eigenvalue weighted by molar-refractivity contribution is 6.31. The van der Waals surface area contributed by atoms with Gasteiger partial charge in [0.1, 0.15) is 5.75 Å². The topological polar surface area (TPSA) is 69.2 Å². The third-order valence-electron chi connectivity index (χ3n) is 4.10. The van der Waals surface area contributed by atoms with Gasteiger partial charge in [-0.15, -0.1) is 0 Å². The van der Waals surface area contributed by atoms with Crippen LogP contribution in [0.4, 0.5) is 0 Å². The first-order chi connectivity index (χ1) is 14.0. The lowest BCUT2D eigenvalue weighted by molar-refractivity contribution is -0.123. The number of hydrazone groups is 1. The number of hydrogen-bond acceptors (Lipinski definition) is 5. The third-order valence-corrected chi connectivity index (χ3v) is 4.52. The second-order valence-corrected chi connectivity index (χ2v) is 6.87. The summed E-state index contributed by atoms with van der Waals surface area (Å²) >= 11 is 5.97. The van der Waals surface area contributed by atoms with Crippen molar-refractivity contribution < 1.29 is 19.0 Å². The minimum atomic E-state index is -0.364. The number of carbonyl (C=O) groups excluding carboxylic acids is 1. The van der Waals surface area contributed by atoms with Crippen molar-refractivity contribution in [3.05, 3.63) is 52.5 Å². The standard InChI is InChI=1S/C22H27ClN2O4/c1-4-5-6-11-28-20-10-7-17(13-21(20)27-3)14-24-25-22(26)15-29-18-8-9-19(23)16(2)12-18/h7-10,12-14H,4-6,11,15H2,1-3H3,(H,25,26)/b24-14+. The van der Waals surface area contributed by atoms with Crippen LogP contribution in [0.2, 0.25) is 5.02 Å². The molecule has 2 rings (SSSR count). The Bertz CT molecular complexity index is 840. The number of halogens is 1. The van der Waals surface area contributed by atoms with Gasteiger partial charge < -0.3 is 14.2 Å². The van der Waals surface area contributed by atoms with E-state index in [1.165, 1.54) is 6.21 Å². The van der Waals surface area contributed by atoms with Crippen molar-refractivity contribution in [1.82, 2.24) is 5.43 Å². The minimum absolute atomic E-state index is 0.147. The number of benzene rings is 2. The van der Waals surface area contributed by atoms with E-state index in [9.17, 15) is 4.79 Å². The summed E-state index contributed by atoms with van der Waals surface area (Å²) in [4.78, 5) is 11.9. The molecule has 1 amide bonds. The number of nitrogens with zero attached hydrogens (tertiary/aromatic N) is 1. The summed E-state index contributed by atoms with van der Waals surface area (Å²) in [5.41, 5.74) is 4.09. The van der Waals surface area contributed by atoms with Crippen LogP contribution in [0, 0.1) is 6.92 Å². The predicted octanol–water partition coefficient (Wildman–Crippen LogP) is 4.76. The smallest absolute Gasteiger partial charge is 0.277 e. The molecule has 0 aliphatic heterocycles. The maximum absolute atomic E-state index is 11.9. The highest BCUT2D eigenvalue weighted by Gasteiger charge is 2.06. The lowest BCUT2D eigenvalue weighted by atomic mass is 10.2. The molecule has 0 spiro atoms. The Kier molecular flexibility index (Phi) is 9.31. The highest BCUT2D eigenvalue weighted by atomic mass is 35.5. The first-order valence-corrected chi connectivity index (χ1v) is 9.93. The Balaban J connectivity index is 1.83. The fourth-order valence-corrected chi connectivity index (χ4v) is 2.60. The second-order valence-electron chi connectivity index (χ2n) is 6.46. The zero-order valence-corrected chi connectivity index (χ0v) is 17.8. The molecule has 0 heterocycles. The van der Waals surface area contributed by atoms with Crippen LogP contribution in [0.1, 0.15) is 37.3 Å². The van der Waals surface area contributed by atoms with Crippen molar-refractivity contribution in [2.75, 3.05) is 20.3 Å². The van der Waals surface area contributed by atoms with Crippen LogP contribution in [0.25, 0.3) is 0 Å². The number of carbonyl (C=O) groups is 1. The van der Waals surface area contributed by atoms with Gasteiger partial charge in [0.15, 0.2) is 18.1 Å². The maximum atomic E-state index is 11.9. The molecule has 0 saturated carbocycles. The molecule has 0 atom stereocenters. The molecule has 0 bridgehead atoms. The molecular formula is C22H27ClN2O4. The third kappa shape index (κ3) is 7.66. The van der Waals surface area contributed by atoms with E-state index in [1.54, 1.807) is 31.4 Å². The Morgan fingerprint density at radius 2 is 1.97 bits per heavy atom. The van der Waals surface area contributed by atoms with Gasteiger partial charge in [0, 0.05) is 5.02 Å². The summed E-state index contributed by atoms with van der Waals surface area (Å²) in [6.07, 6.45) is 4.82. The van der Waals surface area contributed by atoms with E-state index in [2.05, 4.69) is 17.5 Å². The maximum Gasteiger partial charge on any atom is 0.277 e. The number of aryl methyl sites for hydroxylation is 1. The minimum Gasteiger partial charge on any atom is -0.493 e. The normalized spacial score (nSPS) is 10.8. The van der Waals surface area contributed by atoms with E-state index in [4.69, 9.17) is 25.8 Å². The van der Waals surface area contributed by atoms with Gasteiger partial charge in [-0.3, -0.25) is 4.79 Å². The first kappa shape index (κ1) is 22.6. The summed E-state index contributed by atoms with van der Waals surface area (Å²) in [5.74, 6) is 1.52. The van der Waals surface area contributed by atoms with Crippen molar-refractivity contribution >= 4 is 23.7 Å². The van der Waals surface area contributed by atoms with E-state index < -0.39 is 0 Å². The number of unbranched alkanes of at least 4 members (excludes halogenated alkanes) is 2. The molecule has 0 aliphatic carbocycles. The molecule has 2 aromatic rings. The van der Waals surface area contributed by atoms with Crippen LogP contribution in [0.5, 0.6) is 17.2 Å². The van der Waals surface area contributed by atoms with Gasteiger partial charge in [-0.1, -0.05) is 31.4 Å². The van der Waals surface area contributed by atoms with E-state index in [-0.39, 0.29) is 12.5 Å². The summed E-state index contributed by atoms with van der Waals surface area (Å²) in [5, 5.41) is 4.61. The molecule has 29 heavy (non-hydrogen) atoms. The van der Waals surface area contributed by atoms with Crippen LogP contribution in [-0.4, -0.2) is 32.4 Å². The molecule has 0 unspecified atom stereocenters. The largest absolute Gasteiger partial charge is 0.493 e. The van der Waals surface area contributed by atoms with Gasteiger partial charge in [-0.25, -0.2) is 5.43 Å². The van der Waals surface area contributed by atoms with Crippen LogP contribution in [-0.2, 0) is 4.79 Å². The molecule has 0 fully saturated rings. The number of amides is 1. The molecule has 0 aliphatic rings. The van der Waals surface area contributed by atoms with Gasteiger partial charge >= 0.3 is 0 Å². The molecule has 0 radical (unpaired) electrons. The zero-order chi connectivity index (χ0) is 21.1. The Morgan fingerprint density at radius 3 is 2.69 bits per heavy atom. The van der Waals surface area contributed by atoms with Crippen LogP contribution in [0.15, 0.2) is 41.5 Å². The first-order valence-electron chi connectivity index (χ1n) is 9.55. The number of methoxy groups -OCH3 is 1. The van der Waals surface area contributed by atoms with E-state index in [1.807, 2.05) is 19.1 Å². The van der Waals surface area contributed by atoms with Crippen molar-refractivity contribution in [2.24, 2.45) is 5.10 Å². The Morgan fingerprint density at radius 1 is 1.14 bits per heavy atom. The molecular weight excluding hydrogens is 392 g/mol. The zero-order valence-electron chi connectivity index (χ0n) is 17.0. The Hall–Kier alpha value is -2.73. The van der Waals surface area contributed by atoms with E-state index in [0.717, 1.165) is 30.4 Å². The van der Waals surface area contributed by atoms with Gasteiger partial charge in [0.2, 0.25) is 0 Å². The van der Waals surface area contributed by atoms with E-state index >= 15 is 0 Å². The van der Waals surface area contributed by atoms with Gasteiger partial charge in [-0.05, 0) is 60.9 Å². The average Bonchev–Trinajstić information content (AvgIpc) is 2.72. The highest BCUT2D eigenvalue weighted by Crippen LogP contribution is 2.27. The molecule has 156 valence electrons. The van der Waals surface area contributed by atoms with Crippen molar-refractivity contribution in [3.8, 4) is 17.2 Å². The van der Waals surface area contributed by atoms with Gasteiger partial charge in [0.05, 0.1) is 19.9 Å². The molecule has 0 saturated heterocycles. The lowest BCUT2D eigenvalue weighted by Crippen LogP contribution is -2.24. The predicted molar refractivity (Wildman–Crippen MR) is 115 cm³/mol. The van der Waals surface area contributed by atoms with Gasteiger partial charge in [-0.2, -0.15) is 5.10 Å². The van der Waals surface area contributed by atoms with Gasteiger partial charge in [0.25, 0.3) is 5.91 Å². The van der Waals surface area contributed by atoms with Crippen LogP contribution in [0.3, 0.4) is 0 Å². The summed E-state index contributed by atoms with van der Waals surface area (Å²) in [7, 11) is 1.59. The number of hydrogen-bond donors (Lipinski definition) is 1. The Labute approximate surface area is 176 Å². The average molecular weight is 419 g/mol. The summed E-state index contributed by atoms with van der Waals surface area (Å²) in [6.45, 7) is 4.53. The summed E-state index contributed by atoms with van der Waals surface area (Å²) in [6, 6.07) is 10.7. The molecule has 7 heteroatoms. The molecule has 0 aromatic heterocycles. The van der Waals surface area contributed by atoms with Crippen LogP contribution >= 0.6 is 11.6 Å². The van der Waals surface area contributed by atoms with Crippen molar-refractivity contribution in [1.29, 1.82) is 0 Å². The molecule has 2 aromatic carbocycles. The lowest BCUT2D eigenvalue weighted by Gasteiger charge is -2.11. The van der Waals surface area contributed by atoms with E-state index in [0.29, 0.717) is 28.9 Å². The quantitative estimate of drug-likeness (QED) is 0.324. The monoisotopic (exact) mass is 418 g/mol. The van der Waals surface area contributed by atoms with Crippen LogP contribution < -0.4 is 19.6 Å². The molecule has 1 N–H and O–H groups in total. The number of ether oxygens (including phenoxy) is 3.